The summed E-state index contributed by atoms with van der Waals surface area (Å²) in [6.45, 7) is 6.29. The number of hydrogen-bond acceptors (Lipinski definition) is 2. The summed E-state index contributed by atoms with van der Waals surface area (Å²) in [5.74, 6) is 0.263. The monoisotopic (exact) mass is 272 g/mol. The number of amides is 1. The lowest BCUT2D eigenvalue weighted by Crippen LogP contribution is -2.45. The molecular weight excluding hydrogens is 248 g/mol. The van der Waals surface area contributed by atoms with E-state index in [2.05, 4.69) is 37.4 Å². The molecule has 3 rings (SSSR count). The summed E-state index contributed by atoms with van der Waals surface area (Å²) in [4.78, 5) is 14.8. The van der Waals surface area contributed by atoms with Crippen LogP contribution >= 0.6 is 0 Å². The first-order valence-corrected chi connectivity index (χ1v) is 7.86. The molecule has 3 heteroatoms. The molecule has 0 aliphatic carbocycles. The zero-order chi connectivity index (χ0) is 14.2. The Balaban J connectivity index is 1.96. The quantitative estimate of drug-likeness (QED) is 0.917. The minimum absolute atomic E-state index is 0.0209. The van der Waals surface area contributed by atoms with Crippen LogP contribution in [0.5, 0.6) is 0 Å². The van der Waals surface area contributed by atoms with E-state index in [4.69, 9.17) is 0 Å². The van der Waals surface area contributed by atoms with Crippen molar-refractivity contribution in [3.63, 3.8) is 0 Å². The number of nitrogens with zero attached hydrogens (tertiary/aromatic N) is 1. The summed E-state index contributed by atoms with van der Waals surface area (Å²) in [5.41, 5.74) is 2.64. The maximum atomic E-state index is 12.8. The van der Waals surface area contributed by atoms with Gasteiger partial charge in [0, 0.05) is 17.6 Å². The number of hydrogen-bond donors (Lipinski definition) is 1. The van der Waals surface area contributed by atoms with Crippen molar-refractivity contribution in [1.82, 2.24) is 5.32 Å². The van der Waals surface area contributed by atoms with Gasteiger partial charge in [-0.25, -0.2) is 0 Å². The van der Waals surface area contributed by atoms with Gasteiger partial charge in [0.05, 0.1) is 6.04 Å². The smallest absolute Gasteiger partial charge is 0.244 e. The van der Waals surface area contributed by atoms with Crippen LogP contribution in [0.25, 0.3) is 0 Å². The summed E-state index contributed by atoms with van der Waals surface area (Å²) < 4.78 is 0. The van der Waals surface area contributed by atoms with Crippen LogP contribution in [-0.2, 0) is 10.2 Å². The highest BCUT2D eigenvalue weighted by Crippen LogP contribution is 2.45. The van der Waals surface area contributed by atoms with E-state index in [0.29, 0.717) is 0 Å². The third kappa shape index (κ3) is 1.96. The van der Waals surface area contributed by atoms with Gasteiger partial charge in [0.15, 0.2) is 0 Å². The van der Waals surface area contributed by atoms with Gasteiger partial charge in [0.1, 0.15) is 0 Å². The predicted molar refractivity (Wildman–Crippen MR) is 82.1 cm³/mol. The molecule has 3 nitrogen and oxygen atoms in total. The second-order valence-corrected chi connectivity index (χ2v) is 6.08. The highest BCUT2D eigenvalue weighted by Gasteiger charge is 2.43. The van der Waals surface area contributed by atoms with Crippen molar-refractivity contribution in [2.75, 3.05) is 18.0 Å². The van der Waals surface area contributed by atoms with Crippen LogP contribution in [0.4, 0.5) is 5.69 Å². The number of rotatable bonds is 3. The Bertz CT molecular complexity index is 501. The molecule has 1 amide bonds. The van der Waals surface area contributed by atoms with Crippen molar-refractivity contribution >= 4 is 11.6 Å². The molecule has 0 bridgehead atoms. The zero-order valence-electron chi connectivity index (χ0n) is 12.5. The lowest BCUT2D eigenvalue weighted by Gasteiger charge is -2.28. The van der Waals surface area contributed by atoms with Gasteiger partial charge in [-0.05, 0) is 43.9 Å². The highest BCUT2D eigenvalue weighted by atomic mass is 16.2. The van der Waals surface area contributed by atoms with Crippen LogP contribution in [0.1, 0.15) is 45.1 Å². The molecule has 20 heavy (non-hydrogen) atoms. The summed E-state index contributed by atoms with van der Waals surface area (Å²) in [6.07, 6.45) is 4.26. The molecule has 1 atom stereocenters. The number of carbonyl (C=O) groups is 1. The van der Waals surface area contributed by atoms with Crippen molar-refractivity contribution in [1.29, 1.82) is 0 Å². The van der Waals surface area contributed by atoms with Crippen molar-refractivity contribution in [3.05, 3.63) is 29.8 Å². The van der Waals surface area contributed by atoms with E-state index in [9.17, 15) is 4.79 Å². The van der Waals surface area contributed by atoms with Crippen LogP contribution < -0.4 is 10.2 Å². The van der Waals surface area contributed by atoms with Gasteiger partial charge in [0.25, 0.3) is 0 Å². The maximum Gasteiger partial charge on any atom is 0.244 e. The van der Waals surface area contributed by atoms with E-state index < -0.39 is 0 Å². The van der Waals surface area contributed by atoms with Gasteiger partial charge in [0.2, 0.25) is 5.91 Å². The zero-order valence-corrected chi connectivity index (χ0v) is 12.5. The molecule has 0 aromatic heterocycles. The molecule has 2 heterocycles. The molecule has 1 saturated heterocycles. The van der Waals surface area contributed by atoms with E-state index in [1.54, 1.807) is 0 Å². The summed E-state index contributed by atoms with van der Waals surface area (Å²) >= 11 is 0. The van der Waals surface area contributed by atoms with Gasteiger partial charge < -0.3 is 10.2 Å². The summed E-state index contributed by atoms with van der Waals surface area (Å²) in [5, 5.41) is 3.34. The first-order chi connectivity index (χ1) is 9.72. The van der Waals surface area contributed by atoms with Gasteiger partial charge in [-0.2, -0.15) is 0 Å². The van der Waals surface area contributed by atoms with Crippen molar-refractivity contribution in [2.24, 2.45) is 0 Å². The van der Waals surface area contributed by atoms with Gasteiger partial charge in [-0.3, -0.25) is 4.79 Å². The topological polar surface area (TPSA) is 32.3 Å². The molecule has 108 valence electrons. The Morgan fingerprint density at radius 1 is 1.35 bits per heavy atom. The number of benzene rings is 1. The normalized spacial score (nSPS) is 23.9. The first-order valence-electron chi connectivity index (χ1n) is 7.86. The van der Waals surface area contributed by atoms with E-state index in [1.807, 2.05) is 11.0 Å². The summed E-state index contributed by atoms with van der Waals surface area (Å²) in [6, 6.07) is 8.48. The van der Waals surface area contributed by atoms with Gasteiger partial charge >= 0.3 is 0 Å². The number of anilines is 1. The molecule has 1 N–H and O–H groups in total. The molecule has 1 fully saturated rings. The molecule has 2 aliphatic rings. The van der Waals surface area contributed by atoms with Crippen molar-refractivity contribution in [2.45, 2.75) is 51.0 Å². The summed E-state index contributed by atoms with van der Waals surface area (Å²) in [7, 11) is 0. The number of para-hydroxylation sites is 1. The molecule has 1 unspecified atom stereocenters. The van der Waals surface area contributed by atoms with Crippen molar-refractivity contribution < 1.29 is 4.79 Å². The molecule has 0 spiro atoms. The molecule has 1 aromatic carbocycles. The van der Waals surface area contributed by atoms with E-state index in [-0.39, 0.29) is 17.4 Å². The Morgan fingerprint density at radius 3 is 2.75 bits per heavy atom. The average Bonchev–Trinajstić information content (AvgIpc) is 3.13. The largest absolute Gasteiger partial charge is 0.310 e. The van der Waals surface area contributed by atoms with Crippen molar-refractivity contribution in [3.8, 4) is 0 Å². The molecule has 0 radical (unpaired) electrons. The van der Waals surface area contributed by atoms with E-state index >= 15 is 0 Å². The first kappa shape index (κ1) is 13.6. The third-order valence-corrected chi connectivity index (χ3v) is 5.20. The van der Waals surface area contributed by atoms with Crippen LogP contribution in [0, 0.1) is 0 Å². The number of fused-ring (bicyclic) bond motifs is 1. The van der Waals surface area contributed by atoms with Crippen LogP contribution in [0.2, 0.25) is 0 Å². The SMILES string of the molecule is CCC1(CC)CN(C(=O)C2CCCN2)c2ccccc21. The second kappa shape index (κ2) is 5.21. The third-order valence-electron chi connectivity index (χ3n) is 5.20. The van der Waals surface area contributed by atoms with E-state index in [1.165, 1.54) is 5.56 Å². The van der Waals surface area contributed by atoms with Crippen LogP contribution in [0.3, 0.4) is 0 Å². The Hall–Kier alpha value is -1.35. The molecule has 1 aromatic rings. The minimum Gasteiger partial charge on any atom is -0.310 e. The fraction of sp³-hybridized carbons (Fsp3) is 0.588. The maximum absolute atomic E-state index is 12.8. The van der Waals surface area contributed by atoms with E-state index in [0.717, 1.165) is 44.5 Å². The lowest BCUT2D eigenvalue weighted by atomic mass is 9.78. The molecular formula is C17H24N2O. The highest BCUT2D eigenvalue weighted by molar-refractivity contribution is 5.99. The standard InChI is InChI=1S/C17H24N2O/c1-3-17(4-2)12-19(15-10-6-5-8-13(15)17)16(20)14-9-7-11-18-14/h5-6,8,10,14,18H,3-4,7,9,11-12H2,1-2H3. The molecule has 0 saturated carbocycles. The fourth-order valence-corrected chi connectivity index (χ4v) is 3.77. The fourth-order valence-electron chi connectivity index (χ4n) is 3.77. The van der Waals surface area contributed by atoms with Gasteiger partial charge in [-0.15, -0.1) is 0 Å². The minimum atomic E-state index is 0.0209. The Labute approximate surface area is 121 Å². The Morgan fingerprint density at radius 2 is 2.10 bits per heavy atom. The Kier molecular flexibility index (Phi) is 3.55. The van der Waals surface area contributed by atoms with Crippen LogP contribution in [-0.4, -0.2) is 25.0 Å². The number of carbonyl (C=O) groups excluding carboxylic acids is 1. The average molecular weight is 272 g/mol. The van der Waals surface area contributed by atoms with Crippen LogP contribution in [0.15, 0.2) is 24.3 Å². The predicted octanol–water partition coefficient (Wildman–Crippen LogP) is 2.84. The second-order valence-electron chi connectivity index (χ2n) is 6.08. The lowest BCUT2D eigenvalue weighted by molar-refractivity contribution is -0.120. The number of nitrogens with one attached hydrogen (secondary N) is 1. The molecule has 2 aliphatic heterocycles. The van der Waals surface area contributed by atoms with Gasteiger partial charge in [-0.1, -0.05) is 32.0 Å².